The molecule has 5 heteroatoms. The van der Waals surface area contributed by atoms with E-state index in [1.54, 1.807) is 38.5 Å². The van der Waals surface area contributed by atoms with Crippen LogP contribution in [0.3, 0.4) is 0 Å². The fourth-order valence-electron chi connectivity index (χ4n) is 4.07. The van der Waals surface area contributed by atoms with E-state index in [0.717, 1.165) is 28.9 Å². The Balaban J connectivity index is 1.99. The van der Waals surface area contributed by atoms with Crippen molar-refractivity contribution in [3.8, 4) is 11.5 Å². The monoisotopic (exact) mass is 384 g/mol. The Labute approximate surface area is 167 Å². The van der Waals surface area contributed by atoms with Crippen LogP contribution in [0.4, 0.5) is 0 Å². The van der Waals surface area contributed by atoms with Gasteiger partial charge in [-0.3, -0.25) is 4.79 Å². The van der Waals surface area contributed by atoms with Crippen molar-refractivity contribution in [2.75, 3.05) is 40.9 Å². The molecule has 0 radical (unpaired) electrons. The normalized spacial score (nSPS) is 27.2. The number of benzene rings is 2. The molecule has 1 aliphatic rings. The number of ketones is 1. The minimum atomic E-state index is -1.20. The van der Waals surface area contributed by atoms with E-state index in [0.29, 0.717) is 24.3 Å². The molecule has 0 bridgehead atoms. The quantitative estimate of drug-likeness (QED) is 0.614. The van der Waals surface area contributed by atoms with Crippen molar-refractivity contribution in [1.29, 1.82) is 0 Å². The first-order chi connectivity index (χ1) is 13.3. The van der Waals surface area contributed by atoms with Crippen molar-refractivity contribution in [2.24, 2.45) is 5.92 Å². The standard InChI is InChI=1S/C23H30NO4/c1-5-24(2)15-14-23(26,18-8-12-20(28-4)13-9-18)21(16-24)22(25)17-6-10-19(27-3)11-7-17/h6-13,21,26H,5,14-16H2,1-4H3/q+1/t21-,23+,24?/m0/s1. The molecule has 3 atom stereocenters. The molecule has 0 amide bonds. The van der Waals surface area contributed by atoms with Crippen molar-refractivity contribution in [3.05, 3.63) is 59.7 Å². The number of carbonyl (C=O) groups is 1. The second kappa shape index (κ2) is 7.94. The van der Waals surface area contributed by atoms with Gasteiger partial charge in [0.1, 0.15) is 23.0 Å². The molecule has 3 rings (SSSR count). The average Bonchev–Trinajstić information content (AvgIpc) is 2.75. The van der Waals surface area contributed by atoms with Crippen LogP contribution < -0.4 is 9.47 Å². The molecule has 0 aliphatic carbocycles. The lowest BCUT2D eigenvalue weighted by Crippen LogP contribution is -2.60. The molecular formula is C23H30NO4+. The fraction of sp³-hybridized carbons (Fsp3) is 0.435. The number of hydrogen-bond acceptors (Lipinski definition) is 4. The van der Waals surface area contributed by atoms with Crippen LogP contribution in [0.1, 0.15) is 29.3 Å². The molecule has 5 nitrogen and oxygen atoms in total. The molecule has 150 valence electrons. The van der Waals surface area contributed by atoms with E-state index in [-0.39, 0.29) is 5.78 Å². The summed E-state index contributed by atoms with van der Waals surface area (Å²) < 4.78 is 11.2. The number of likely N-dealkylation sites (tertiary alicyclic amines) is 1. The third-order valence-corrected chi connectivity index (χ3v) is 6.28. The lowest BCUT2D eigenvalue weighted by Gasteiger charge is -2.48. The number of Topliss-reactive ketones (excluding diaryl/α,β-unsaturated/α-hetero) is 1. The molecule has 1 saturated heterocycles. The van der Waals surface area contributed by atoms with Gasteiger partial charge in [-0.2, -0.15) is 0 Å². The van der Waals surface area contributed by atoms with Crippen LogP contribution in [-0.2, 0) is 5.60 Å². The minimum absolute atomic E-state index is 0.0292. The Morgan fingerprint density at radius 2 is 1.61 bits per heavy atom. The van der Waals surface area contributed by atoms with Crippen LogP contribution in [0, 0.1) is 5.92 Å². The number of carbonyl (C=O) groups excluding carboxylic acids is 1. The second-order valence-corrected chi connectivity index (χ2v) is 7.89. The van der Waals surface area contributed by atoms with Gasteiger partial charge < -0.3 is 19.1 Å². The summed E-state index contributed by atoms with van der Waals surface area (Å²) in [5.41, 5.74) is 0.167. The Kier molecular flexibility index (Phi) is 5.77. The molecule has 2 aromatic rings. The maximum atomic E-state index is 13.5. The van der Waals surface area contributed by atoms with Crippen molar-refractivity contribution >= 4 is 5.78 Å². The fourth-order valence-corrected chi connectivity index (χ4v) is 4.07. The Morgan fingerprint density at radius 3 is 2.11 bits per heavy atom. The summed E-state index contributed by atoms with van der Waals surface area (Å²) in [6.45, 7) is 4.48. The van der Waals surface area contributed by atoms with Gasteiger partial charge in [0, 0.05) is 12.0 Å². The van der Waals surface area contributed by atoms with Crippen LogP contribution in [-0.4, -0.2) is 56.3 Å². The maximum Gasteiger partial charge on any atom is 0.174 e. The van der Waals surface area contributed by atoms with Crippen LogP contribution in [0.15, 0.2) is 48.5 Å². The third-order valence-electron chi connectivity index (χ3n) is 6.28. The second-order valence-electron chi connectivity index (χ2n) is 7.89. The van der Waals surface area contributed by atoms with Gasteiger partial charge in [-0.25, -0.2) is 0 Å². The van der Waals surface area contributed by atoms with Crippen molar-refractivity contribution in [1.82, 2.24) is 0 Å². The Hall–Kier alpha value is -2.37. The predicted octanol–water partition coefficient (Wildman–Crippen LogP) is 3.26. The van der Waals surface area contributed by atoms with Crippen LogP contribution in [0.25, 0.3) is 0 Å². The van der Waals surface area contributed by atoms with E-state index < -0.39 is 11.5 Å². The molecule has 1 heterocycles. The molecule has 1 N–H and O–H groups in total. The number of nitrogens with zero attached hydrogens (tertiary/aromatic N) is 1. The Bertz CT molecular complexity index is 818. The highest BCUT2D eigenvalue weighted by Crippen LogP contribution is 2.41. The summed E-state index contributed by atoms with van der Waals surface area (Å²) in [7, 11) is 5.37. The van der Waals surface area contributed by atoms with Crippen molar-refractivity contribution in [3.63, 3.8) is 0 Å². The maximum absolute atomic E-state index is 13.5. The number of aliphatic hydroxyl groups is 1. The van der Waals surface area contributed by atoms with Gasteiger partial charge in [0.25, 0.3) is 0 Å². The molecule has 0 saturated carbocycles. The number of piperidine rings is 1. The van der Waals surface area contributed by atoms with Gasteiger partial charge in [0.15, 0.2) is 5.78 Å². The van der Waals surface area contributed by atoms with Crippen molar-refractivity contribution in [2.45, 2.75) is 18.9 Å². The summed E-state index contributed by atoms with van der Waals surface area (Å²) in [4.78, 5) is 13.5. The van der Waals surface area contributed by atoms with Crippen LogP contribution >= 0.6 is 0 Å². The first kappa shape index (κ1) is 20.4. The summed E-state index contributed by atoms with van der Waals surface area (Å²) >= 11 is 0. The zero-order valence-corrected chi connectivity index (χ0v) is 17.1. The first-order valence-electron chi connectivity index (χ1n) is 9.74. The van der Waals surface area contributed by atoms with E-state index in [1.165, 1.54) is 0 Å². The van der Waals surface area contributed by atoms with Gasteiger partial charge >= 0.3 is 0 Å². The number of quaternary nitrogens is 1. The minimum Gasteiger partial charge on any atom is -0.497 e. The highest BCUT2D eigenvalue weighted by atomic mass is 16.5. The van der Waals surface area contributed by atoms with E-state index in [4.69, 9.17) is 9.47 Å². The van der Waals surface area contributed by atoms with Crippen LogP contribution in [0.5, 0.6) is 11.5 Å². The van der Waals surface area contributed by atoms with E-state index in [9.17, 15) is 9.90 Å². The SMILES string of the molecule is CC[N+]1(C)CC[C@@](O)(c2ccc(OC)cc2)[C@H](C(=O)c2ccc(OC)cc2)C1. The zero-order valence-electron chi connectivity index (χ0n) is 17.1. The number of ether oxygens (including phenoxy) is 2. The molecule has 1 aliphatic heterocycles. The number of rotatable bonds is 6. The summed E-state index contributed by atoms with van der Waals surface area (Å²) in [5.74, 6) is 0.890. The lowest BCUT2D eigenvalue weighted by atomic mass is 9.72. The van der Waals surface area contributed by atoms with E-state index in [1.807, 2.05) is 24.3 Å². The molecule has 0 aromatic heterocycles. The summed E-state index contributed by atoms with van der Waals surface area (Å²) in [6, 6.07) is 14.5. The third kappa shape index (κ3) is 3.77. The van der Waals surface area contributed by atoms with Gasteiger partial charge in [0.05, 0.1) is 40.9 Å². The molecular weight excluding hydrogens is 354 g/mol. The topological polar surface area (TPSA) is 55.8 Å². The number of hydrogen-bond donors (Lipinski definition) is 1. The molecule has 1 unspecified atom stereocenters. The summed E-state index contributed by atoms with van der Waals surface area (Å²) in [6.07, 6.45) is 0.538. The zero-order chi connectivity index (χ0) is 20.4. The first-order valence-corrected chi connectivity index (χ1v) is 9.74. The van der Waals surface area contributed by atoms with Gasteiger partial charge in [-0.05, 0) is 48.9 Å². The number of methoxy groups -OCH3 is 2. The van der Waals surface area contributed by atoms with E-state index >= 15 is 0 Å². The molecule has 1 fully saturated rings. The van der Waals surface area contributed by atoms with Crippen molar-refractivity contribution < 1.29 is 23.9 Å². The molecule has 2 aromatic carbocycles. The lowest BCUT2D eigenvalue weighted by molar-refractivity contribution is -0.917. The molecule has 0 spiro atoms. The highest BCUT2D eigenvalue weighted by molar-refractivity contribution is 5.99. The van der Waals surface area contributed by atoms with Gasteiger partial charge in [0.2, 0.25) is 0 Å². The predicted molar refractivity (Wildman–Crippen MR) is 109 cm³/mol. The van der Waals surface area contributed by atoms with Crippen LogP contribution in [0.2, 0.25) is 0 Å². The van der Waals surface area contributed by atoms with E-state index in [2.05, 4.69) is 14.0 Å². The average molecular weight is 384 g/mol. The highest BCUT2D eigenvalue weighted by Gasteiger charge is 2.51. The summed E-state index contributed by atoms with van der Waals surface area (Å²) in [5, 5.41) is 11.7. The molecule has 28 heavy (non-hydrogen) atoms. The van der Waals surface area contributed by atoms with Gasteiger partial charge in [-0.15, -0.1) is 0 Å². The Morgan fingerprint density at radius 1 is 1.07 bits per heavy atom. The van der Waals surface area contributed by atoms with Gasteiger partial charge in [-0.1, -0.05) is 12.1 Å². The largest absolute Gasteiger partial charge is 0.497 e. The smallest absolute Gasteiger partial charge is 0.174 e.